The van der Waals surface area contributed by atoms with Crippen LogP contribution >= 0.6 is 10.7 Å². The van der Waals surface area contributed by atoms with Gasteiger partial charge in [-0.25, -0.2) is 23.4 Å². The fraction of sp³-hybridized carbons (Fsp3) is 0.143. The van der Waals surface area contributed by atoms with Crippen LogP contribution in [-0.2, 0) is 9.05 Å². The second kappa shape index (κ2) is 3.80. The Morgan fingerprint density at radius 3 is 2.44 bits per heavy atom. The van der Waals surface area contributed by atoms with Crippen molar-refractivity contribution in [3.05, 3.63) is 24.3 Å². The Bertz CT molecular complexity index is 609. The summed E-state index contributed by atoms with van der Waals surface area (Å²) in [6.07, 6.45) is 3.02. The predicted octanol–water partition coefficient (Wildman–Crippen LogP) is 0.293. The Hall–Kier alpha value is -1.54. The van der Waals surface area contributed by atoms with E-state index >= 15 is 0 Å². The van der Waals surface area contributed by atoms with E-state index in [2.05, 4.69) is 20.1 Å². The summed E-state index contributed by atoms with van der Waals surface area (Å²) in [5, 5.41) is 3.25. The highest BCUT2D eigenvalue weighted by Gasteiger charge is 2.19. The monoisotopic (exact) mass is 259 g/mol. The van der Waals surface area contributed by atoms with E-state index in [4.69, 9.17) is 10.7 Å². The first kappa shape index (κ1) is 11.0. The number of hydrogen-bond donors (Lipinski definition) is 0. The number of rotatable bonds is 2. The molecule has 9 heteroatoms. The molecule has 2 aromatic rings. The van der Waals surface area contributed by atoms with E-state index < -0.39 is 14.2 Å². The first-order valence-electron chi connectivity index (χ1n) is 4.14. The van der Waals surface area contributed by atoms with Crippen LogP contribution in [0.25, 0.3) is 5.95 Å². The molecule has 0 saturated carbocycles. The van der Waals surface area contributed by atoms with Crippen molar-refractivity contribution in [2.24, 2.45) is 0 Å². The molecule has 0 amide bonds. The third-order valence-electron chi connectivity index (χ3n) is 1.71. The maximum atomic E-state index is 11.0. The van der Waals surface area contributed by atoms with Gasteiger partial charge >= 0.3 is 0 Å². The van der Waals surface area contributed by atoms with Crippen LogP contribution in [0.5, 0.6) is 0 Å². The molecule has 16 heavy (non-hydrogen) atoms. The summed E-state index contributed by atoms with van der Waals surface area (Å²) in [5.41, 5.74) is 0. The highest BCUT2D eigenvalue weighted by atomic mass is 35.7. The molecule has 7 nitrogen and oxygen atoms in total. The van der Waals surface area contributed by atoms with Crippen molar-refractivity contribution in [1.29, 1.82) is 0 Å². The maximum Gasteiger partial charge on any atom is 0.298 e. The summed E-state index contributed by atoms with van der Waals surface area (Å²) in [5.74, 6) is 0.574. The van der Waals surface area contributed by atoms with E-state index in [1.54, 1.807) is 13.0 Å². The standard InChI is InChI=1S/C7H6ClN5O2S/c1-5-11-7(16(8,14)15)12-13(5)6-9-3-2-4-10-6/h2-4H,1H3. The van der Waals surface area contributed by atoms with Crippen LogP contribution in [0.1, 0.15) is 5.82 Å². The summed E-state index contributed by atoms with van der Waals surface area (Å²) in [6, 6.07) is 1.63. The number of nitrogens with zero attached hydrogens (tertiary/aromatic N) is 5. The zero-order valence-corrected chi connectivity index (χ0v) is 9.64. The average Bonchev–Trinajstić information content (AvgIpc) is 2.61. The molecule has 0 saturated heterocycles. The SMILES string of the molecule is Cc1nc(S(=O)(=O)Cl)nn1-c1ncccn1. The van der Waals surface area contributed by atoms with Crippen molar-refractivity contribution in [2.75, 3.05) is 0 Å². The topological polar surface area (TPSA) is 90.6 Å². The summed E-state index contributed by atoms with van der Waals surface area (Å²) >= 11 is 0. The van der Waals surface area contributed by atoms with Crippen LogP contribution in [0.2, 0.25) is 0 Å². The Kier molecular flexibility index (Phi) is 2.60. The van der Waals surface area contributed by atoms with E-state index in [1.165, 1.54) is 17.1 Å². The molecule has 2 heterocycles. The molecule has 0 radical (unpaired) electrons. The average molecular weight is 260 g/mol. The molecule has 84 valence electrons. The lowest BCUT2D eigenvalue weighted by atomic mass is 10.6. The van der Waals surface area contributed by atoms with Gasteiger partial charge in [-0.2, -0.15) is 4.68 Å². The van der Waals surface area contributed by atoms with Gasteiger partial charge < -0.3 is 0 Å². The van der Waals surface area contributed by atoms with Gasteiger partial charge in [0.25, 0.3) is 20.2 Å². The largest absolute Gasteiger partial charge is 0.298 e. The van der Waals surface area contributed by atoms with Crippen LogP contribution in [-0.4, -0.2) is 33.2 Å². The zero-order valence-electron chi connectivity index (χ0n) is 8.07. The molecular formula is C7H6ClN5O2S. The van der Waals surface area contributed by atoms with Crippen LogP contribution in [0.3, 0.4) is 0 Å². The Balaban J connectivity index is 2.57. The predicted molar refractivity (Wildman–Crippen MR) is 54.7 cm³/mol. The fourth-order valence-corrected chi connectivity index (χ4v) is 1.68. The second-order valence-corrected chi connectivity index (χ2v) is 5.30. The van der Waals surface area contributed by atoms with Crippen LogP contribution < -0.4 is 0 Å². The highest BCUT2D eigenvalue weighted by molar-refractivity contribution is 8.13. The number of aryl methyl sites for hydroxylation is 1. The van der Waals surface area contributed by atoms with E-state index in [-0.39, 0.29) is 5.95 Å². The van der Waals surface area contributed by atoms with Crippen molar-refractivity contribution >= 4 is 19.7 Å². The third-order valence-corrected chi connectivity index (χ3v) is 2.73. The molecule has 0 bridgehead atoms. The summed E-state index contributed by atoms with van der Waals surface area (Å²) < 4.78 is 23.2. The lowest BCUT2D eigenvalue weighted by Crippen LogP contribution is -2.04. The molecule has 0 N–H and O–H groups in total. The van der Waals surface area contributed by atoms with Gasteiger partial charge in [-0.3, -0.25) is 0 Å². The first-order valence-corrected chi connectivity index (χ1v) is 6.45. The zero-order chi connectivity index (χ0) is 11.8. The Labute approximate surface area is 95.6 Å². The van der Waals surface area contributed by atoms with Gasteiger partial charge in [0, 0.05) is 23.1 Å². The molecule has 0 aromatic carbocycles. The summed E-state index contributed by atoms with van der Waals surface area (Å²) in [6.45, 7) is 1.58. The smallest absolute Gasteiger partial charge is 0.220 e. The fourth-order valence-electron chi connectivity index (χ4n) is 1.06. The van der Waals surface area contributed by atoms with E-state index in [0.717, 1.165) is 0 Å². The van der Waals surface area contributed by atoms with E-state index in [1.807, 2.05) is 0 Å². The minimum absolute atomic E-state index is 0.235. The summed E-state index contributed by atoms with van der Waals surface area (Å²) in [4.78, 5) is 11.5. The number of halogens is 1. The van der Waals surface area contributed by atoms with Crippen molar-refractivity contribution in [3.63, 3.8) is 0 Å². The van der Waals surface area contributed by atoms with Gasteiger partial charge in [0.05, 0.1) is 0 Å². The van der Waals surface area contributed by atoms with Crippen LogP contribution in [0.4, 0.5) is 0 Å². The van der Waals surface area contributed by atoms with Gasteiger partial charge in [0.15, 0.2) is 0 Å². The molecule has 2 rings (SSSR count). The van der Waals surface area contributed by atoms with Gasteiger partial charge in [0.1, 0.15) is 5.82 Å². The van der Waals surface area contributed by atoms with Crippen molar-refractivity contribution in [1.82, 2.24) is 24.7 Å². The third kappa shape index (κ3) is 2.02. The van der Waals surface area contributed by atoms with Crippen molar-refractivity contribution in [3.8, 4) is 5.95 Å². The molecule has 0 aliphatic rings. The Morgan fingerprint density at radius 2 is 1.94 bits per heavy atom. The van der Waals surface area contributed by atoms with Gasteiger partial charge in [-0.05, 0) is 13.0 Å². The maximum absolute atomic E-state index is 11.0. The van der Waals surface area contributed by atoms with Crippen molar-refractivity contribution in [2.45, 2.75) is 12.1 Å². The molecule has 0 aliphatic heterocycles. The van der Waals surface area contributed by atoms with Gasteiger partial charge in [0.2, 0.25) is 0 Å². The van der Waals surface area contributed by atoms with E-state index in [9.17, 15) is 8.42 Å². The molecule has 0 atom stereocenters. The van der Waals surface area contributed by atoms with Gasteiger partial charge in [-0.15, -0.1) is 5.10 Å². The lowest BCUT2D eigenvalue weighted by molar-refractivity contribution is 0.600. The first-order chi connectivity index (χ1) is 7.48. The number of aromatic nitrogens is 5. The molecule has 2 aromatic heterocycles. The quantitative estimate of drug-likeness (QED) is 0.720. The molecule has 0 unspecified atom stereocenters. The molecular weight excluding hydrogens is 254 g/mol. The minimum Gasteiger partial charge on any atom is -0.220 e. The molecule has 0 spiro atoms. The van der Waals surface area contributed by atoms with Crippen molar-refractivity contribution < 1.29 is 8.42 Å². The Morgan fingerprint density at radius 1 is 1.31 bits per heavy atom. The number of hydrogen-bond acceptors (Lipinski definition) is 6. The minimum atomic E-state index is -3.94. The van der Waals surface area contributed by atoms with Crippen LogP contribution in [0.15, 0.2) is 23.6 Å². The van der Waals surface area contributed by atoms with Crippen LogP contribution in [0, 0.1) is 6.92 Å². The van der Waals surface area contributed by atoms with Gasteiger partial charge in [-0.1, -0.05) is 0 Å². The highest BCUT2D eigenvalue weighted by Crippen LogP contribution is 2.11. The molecule has 0 aliphatic carbocycles. The lowest BCUT2D eigenvalue weighted by Gasteiger charge is -1.97. The second-order valence-electron chi connectivity index (χ2n) is 2.84. The summed E-state index contributed by atoms with van der Waals surface area (Å²) in [7, 11) is 1.19. The van der Waals surface area contributed by atoms with E-state index in [0.29, 0.717) is 5.82 Å². The molecule has 0 fully saturated rings. The normalized spacial score (nSPS) is 11.6.